The second-order valence-corrected chi connectivity index (χ2v) is 2.53. The Kier molecular flexibility index (Phi) is 2.49. The molecule has 0 radical (unpaired) electrons. The van der Waals surface area contributed by atoms with E-state index in [9.17, 15) is 0 Å². The van der Waals surface area contributed by atoms with E-state index in [1.165, 1.54) is 0 Å². The lowest BCUT2D eigenvalue weighted by Crippen LogP contribution is -2.08. The fourth-order valence-corrected chi connectivity index (χ4v) is 1.33. The molecule has 2 atom stereocenters. The van der Waals surface area contributed by atoms with Crippen LogP contribution in [0.3, 0.4) is 0 Å². The molecule has 1 saturated carbocycles. The van der Waals surface area contributed by atoms with Gasteiger partial charge in [-0.2, -0.15) is 0 Å². The highest BCUT2D eigenvalue weighted by molar-refractivity contribution is 4.75. The zero-order valence-corrected chi connectivity index (χ0v) is 6.09. The van der Waals surface area contributed by atoms with Crippen molar-refractivity contribution in [3.05, 3.63) is 0 Å². The fraction of sp³-hybridized carbons (Fsp3) is 1.00. The normalized spacial score (nSPS) is 35.3. The van der Waals surface area contributed by atoms with Crippen LogP contribution in [-0.2, 0) is 9.47 Å². The van der Waals surface area contributed by atoms with Crippen molar-refractivity contribution in [3.63, 3.8) is 0 Å². The van der Waals surface area contributed by atoms with Crippen LogP contribution in [0.4, 0.5) is 0 Å². The van der Waals surface area contributed by atoms with Crippen LogP contribution in [0.2, 0.25) is 0 Å². The SMILES string of the molecule is CO[C@H]1CC[C@H](OC)C1. The van der Waals surface area contributed by atoms with Crippen LogP contribution in [0, 0.1) is 0 Å². The Morgan fingerprint density at radius 3 is 1.67 bits per heavy atom. The Hall–Kier alpha value is -0.0800. The third-order valence-electron chi connectivity index (χ3n) is 2.00. The molecule has 2 nitrogen and oxygen atoms in total. The Labute approximate surface area is 56.2 Å². The molecule has 54 valence electrons. The summed E-state index contributed by atoms with van der Waals surface area (Å²) in [4.78, 5) is 0. The van der Waals surface area contributed by atoms with E-state index in [1.54, 1.807) is 14.2 Å². The first kappa shape index (κ1) is 7.03. The van der Waals surface area contributed by atoms with Gasteiger partial charge in [0.1, 0.15) is 0 Å². The highest BCUT2D eigenvalue weighted by atomic mass is 16.5. The van der Waals surface area contributed by atoms with Crippen LogP contribution < -0.4 is 0 Å². The number of ether oxygens (including phenoxy) is 2. The van der Waals surface area contributed by atoms with Crippen molar-refractivity contribution in [1.29, 1.82) is 0 Å². The molecule has 1 rings (SSSR count). The summed E-state index contributed by atoms with van der Waals surface area (Å²) in [6.07, 6.45) is 4.31. The first-order chi connectivity index (χ1) is 4.36. The minimum Gasteiger partial charge on any atom is -0.381 e. The van der Waals surface area contributed by atoms with E-state index in [0.29, 0.717) is 12.2 Å². The van der Waals surface area contributed by atoms with Crippen LogP contribution in [-0.4, -0.2) is 26.4 Å². The maximum atomic E-state index is 5.16. The van der Waals surface area contributed by atoms with Gasteiger partial charge in [0.25, 0.3) is 0 Å². The van der Waals surface area contributed by atoms with Crippen molar-refractivity contribution in [2.24, 2.45) is 0 Å². The summed E-state index contributed by atoms with van der Waals surface area (Å²) in [5.41, 5.74) is 0. The average molecular weight is 130 g/mol. The molecule has 9 heavy (non-hydrogen) atoms. The molecule has 0 aromatic carbocycles. The van der Waals surface area contributed by atoms with E-state index in [2.05, 4.69) is 0 Å². The maximum Gasteiger partial charge on any atom is 0.0597 e. The number of hydrogen-bond acceptors (Lipinski definition) is 2. The lowest BCUT2D eigenvalue weighted by molar-refractivity contribution is 0.0687. The monoisotopic (exact) mass is 130 g/mol. The molecule has 0 aromatic rings. The minimum absolute atomic E-state index is 0.454. The van der Waals surface area contributed by atoms with Crippen molar-refractivity contribution >= 4 is 0 Å². The van der Waals surface area contributed by atoms with Crippen molar-refractivity contribution in [3.8, 4) is 0 Å². The Morgan fingerprint density at radius 1 is 1.00 bits per heavy atom. The quantitative estimate of drug-likeness (QED) is 0.559. The fourth-order valence-electron chi connectivity index (χ4n) is 1.33. The van der Waals surface area contributed by atoms with Crippen molar-refractivity contribution in [1.82, 2.24) is 0 Å². The molecule has 1 aliphatic rings. The molecule has 1 aliphatic carbocycles. The zero-order chi connectivity index (χ0) is 6.69. The Balaban J connectivity index is 2.20. The van der Waals surface area contributed by atoms with Crippen LogP contribution in [0.5, 0.6) is 0 Å². The van der Waals surface area contributed by atoms with Gasteiger partial charge in [-0.15, -0.1) is 0 Å². The number of hydrogen-bond donors (Lipinski definition) is 0. The van der Waals surface area contributed by atoms with E-state index >= 15 is 0 Å². The molecule has 1 fully saturated rings. The summed E-state index contributed by atoms with van der Waals surface area (Å²) in [5.74, 6) is 0. The van der Waals surface area contributed by atoms with Gasteiger partial charge in [0, 0.05) is 14.2 Å². The second-order valence-electron chi connectivity index (χ2n) is 2.53. The molecule has 0 aliphatic heterocycles. The topological polar surface area (TPSA) is 18.5 Å². The van der Waals surface area contributed by atoms with Crippen molar-refractivity contribution in [2.45, 2.75) is 31.5 Å². The molecule has 0 heterocycles. The highest BCUT2D eigenvalue weighted by Crippen LogP contribution is 2.22. The smallest absolute Gasteiger partial charge is 0.0597 e. The molecular formula is C7H14O2. The van der Waals surface area contributed by atoms with Gasteiger partial charge < -0.3 is 9.47 Å². The summed E-state index contributed by atoms with van der Waals surface area (Å²) in [6, 6.07) is 0. The molecule has 0 bridgehead atoms. The van der Waals surface area contributed by atoms with Crippen LogP contribution in [0.15, 0.2) is 0 Å². The molecule has 0 saturated heterocycles. The van der Waals surface area contributed by atoms with Gasteiger partial charge in [-0.1, -0.05) is 0 Å². The maximum absolute atomic E-state index is 5.16. The summed E-state index contributed by atoms with van der Waals surface area (Å²) in [7, 11) is 3.53. The van der Waals surface area contributed by atoms with Gasteiger partial charge in [0.2, 0.25) is 0 Å². The summed E-state index contributed by atoms with van der Waals surface area (Å²) < 4.78 is 10.3. The third kappa shape index (κ3) is 1.66. The molecular weight excluding hydrogens is 116 g/mol. The first-order valence-electron chi connectivity index (χ1n) is 3.42. The van der Waals surface area contributed by atoms with Crippen LogP contribution in [0.25, 0.3) is 0 Å². The van der Waals surface area contributed by atoms with Gasteiger partial charge in [-0.25, -0.2) is 0 Å². The van der Waals surface area contributed by atoms with Crippen molar-refractivity contribution < 1.29 is 9.47 Å². The van der Waals surface area contributed by atoms with E-state index in [4.69, 9.17) is 9.47 Å². The standard InChI is InChI=1S/C7H14O2/c1-8-6-3-4-7(5-6)9-2/h6-7H,3-5H2,1-2H3/t6-,7-/m0/s1. The summed E-state index contributed by atoms with van der Waals surface area (Å²) >= 11 is 0. The Bertz CT molecular complexity index is 73.0. The third-order valence-corrected chi connectivity index (χ3v) is 2.00. The Morgan fingerprint density at radius 2 is 1.44 bits per heavy atom. The van der Waals surface area contributed by atoms with Crippen molar-refractivity contribution in [2.75, 3.05) is 14.2 Å². The minimum atomic E-state index is 0.454. The number of methoxy groups -OCH3 is 2. The molecule has 0 unspecified atom stereocenters. The molecule has 0 N–H and O–H groups in total. The van der Waals surface area contributed by atoms with E-state index in [-0.39, 0.29) is 0 Å². The number of rotatable bonds is 2. The van der Waals surface area contributed by atoms with Gasteiger partial charge in [-0.05, 0) is 19.3 Å². The van der Waals surface area contributed by atoms with Crippen LogP contribution in [0.1, 0.15) is 19.3 Å². The van der Waals surface area contributed by atoms with Gasteiger partial charge >= 0.3 is 0 Å². The van der Waals surface area contributed by atoms with E-state index < -0.39 is 0 Å². The molecule has 2 heteroatoms. The zero-order valence-electron chi connectivity index (χ0n) is 6.09. The summed E-state index contributed by atoms with van der Waals surface area (Å²) in [5, 5.41) is 0. The van der Waals surface area contributed by atoms with Crippen LogP contribution >= 0.6 is 0 Å². The molecule has 0 spiro atoms. The van der Waals surface area contributed by atoms with E-state index in [1.807, 2.05) is 0 Å². The van der Waals surface area contributed by atoms with Gasteiger partial charge in [0.05, 0.1) is 12.2 Å². The van der Waals surface area contributed by atoms with Gasteiger partial charge in [0.15, 0.2) is 0 Å². The van der Waals surface area contributed by atoms with E-state index in [0.717, 1.165) is 19.3 Å². The predicted molar refractivity (Wildman–Crippen MR) is 35.4 cm³/mol. The lowest BCUT2D eigenvalue weighted by atomic mass is 10.3. The summed E-state index contributed by atoms with van der Waals surface area (Å²) in [6.45, 7) is 0. The lowest BCUT2D eigenvalue weighted by Gasteiger charge is -2.06. The largest absolute Gasteiger partial charge is 0.381 e. The average Bonchev–Trinajstić information content (AvgIpc) is 2.34. The molecule has 0 amide bonds. The predicted octanol–water partition coefficient (Wildman–Crippen LogP) is 1.20. The first-order valence-corrected chi connectivity index (χ1v) is 3.42. The molecule has 0 aromatic heterocycles. The second kappa shape index (κ2) is 3.18. The highest BCUT2D eigenvalue weighted by Gasteiger charge is 2.23. The van der Waals surface area contributed by atoms with Gasteiger partial charge in [-0.3, -0.25) is 0 Å².